The minimum atomic E-state index is -4.76. The second-order valence-corrected chi connectivity index (χ2v) is 7.68. The van der Waals surface area contributed by atoms with Crippen LogP contribution in [0.1, 0.15) is 22.1 Å². The number of benzene rings is 2. The third-order valence-corrected chi connectivity index (χ3v) is 5.18. The molecule has 1 amide bonds. The molecule has 0 aliphatic heterocycles. The summed E-state index contributed by atoms with van der Waals surface area (Å²) >= 11 is 12.4. The molecule has 14 heteroatoms. The largest absolute Gasteiger partial charge is 0.453 e. The Hall–Kier alpha value is -3.61. The van der Waals surface area contributed by atoms with E-state index in [9.17, 15) is 23.1 Å². The number of para-hydroxylation sites is 1. The maximum atomic E-state index is 12.9. The third-order valence-electron chi connectivity index (χ3n) is 4.57. The first-order chi connectivity index (χ1) is 16.1. The van der Waals surface area contributed by atoms with E-state index in [1.165, 1.54) is 35.1 Å². The topological polar surface area (TPSA) is 124 Å². The molecule has 0 unspecified atom stereocenters. The summed E-state index contributed by atoms with van der Waals surface area (Å²) in [6, 6.07) is 10.8. The van der Waals surface area contributed by atoms with E-state index in [0.717, 1.165) is 4.68 Å². The number of carbonyl (C=O) groups is 1. The third kappa shape index (κ3) is 4.55. The molecule has 9 nitrogen and oxygen atoms in total. The lowest BCUT2D eigenvalue weighted by Crippen LogP contribution is -2.14. The highest BCUT2D eigenvalue weighted by Crippen LogP contribution is 2.31. The molecular weight excluding hydrogens is 498 g/mol. The molecule has 2 aromatic carbocycles. The zero-order valence-corrected chi connectivity index (χ0v) is 18.4. The number of primary amides is 1. The van der Waals surface area contributed by atoms with Crippen LogP contribution < -0.4 is 11.1 Å². The molecule has 4 aromatic rings. The highest BCUT2D eigenvalue weighted by atomic mass is 35.5. The predicted octanol–water partition coefficient (Wildman–Crippen LogP) is 4.11. The van der Waals surface area contributed by atoms with Crippen molar-refractivity contribution in [2.75, 3.05) is 5.32 Å². The summed E-state index contributed by atoms with van der Waals surface area (Å²) in [4.78, 5) is 15.2. The van der Waals surface area contributed by atoms with Gasteiger partial charge in [-0.3, -0.25) is 4.79 Å². The molecule has 0 saturated heterocycles. The summed E-state index contributed by atoms with van der Waals surface area (Å²) in [7, 11) is 0. The zero-order valence-electron chi connectivity index (χ0n) is 16.9. The molecule has 0 spiro atoms. The highest BCUT2D eigenvalue weighted by molar-refractivity contribution is 6.37. The van der Waals surface area contributed by atoms with Crippen molar-refractivity contribution >= 4 is 40.5 Å². The van der Waals surface area contributed by atoms with Crippen molar-refractivity contribution in [3.63, 3.8) is 0 Å². The van der Waals surface area contributed by atoms with Crippen molar-refractivity contribution in [1.29, 1.82) is 0 Å². The van der Waals surface area contributed by atoms with Crippen molar-refractivity contribution < 1.29 is 23.1 Å². The lowest BCUT2D eigenvalue weighted by Gasteiger charge is -2.08. The van der Waals surface area contributed by atoms with E-state index in [1.807, 2.05) is 0 Å². The maximum absolute atomic E-state index is 12.9. The predicted molar refractivity (Wildman–Crippen MR) is 118 cm³/mol. The first-order valence-electron chi connectivity index (χ1n) is 9.43. The van der Waals surface area contributed by atoms with Gasteiger partial charge in [0.2, 0.25) is 0 Å². The number of aromatic nitrogens is 5. The smallest absolute Gasteiger partial charge is 0.388 e. The average Bonchev–Trinajstić information content (AvgIpc) is 3.39. The summed E-state index contributed by atoms with van der Waals surface area (Å²) in [6.45, 7) is -0.741. The number of aliphatic hydroxyl groups is 1. The molecule has 34 heavy (non-hydrogen) atoms. The van der Waals surface area contributed by atoms with Crippen LogP contribution in [-0.2, 0) is 12.8 Å². The number of anilines is 2. The normalized spacial score (nSPS) is 11.6. The van der Waals surface area contributed by atoms with Crippen LogP contribution in [-0.4, -0.2) is 35.6 Å². The number of halogens is 5. The van der Waals surface area contributed by atoms with Crippen LogP contribution in [0.2, 0.25) is 10.0 Å². The quantitative estimate of drug-likeness (QED) is 0.357. The Labute approximate surface area is 199 Å². The van der Waals surface area contributed by atoms with Gasteiger partial charge in [0.25, 0.3) is 11.7 Å². The molecular formula is C20H14Cl2F3N7O2. The van der Waals surface area contributed by atoms with Crippen LogP contribution in [0.4, 0.5) is 24.5 Å². The van der Waals surface area contributed by atoms with Crippen LogP contribution in [0.3, 0.4) is 0 Å². The summed E-state index contributed by atoms with van der Waals surface area (Å²) in [5, 5.41) is 20.5. The lowest BCUT2D eigenvalue weighted by molar-refractivity contribution is -0.144. The van der Waals surface area contributed by atoms with Gasteiger partial charge in [-0.25, -0.2) is 14.3 Å². The molecule has 0 radical (unpaired) electrons. The standard InChI is InChI=1S/C20H14Cl2F3N7O2/c21-12-2-1-3-13(22)17(12)31-8-14(16(29-31)18(26)34)27-10-4-6-11(7-5-10)32-15(9-33)28-19(30-32)20(23,24)25/h1-8,27,33H,9H2,(H2,26,34). The van der Waals surface area contributed by atoms with E-state index in [2.05, 4.69) is 20.5 Å². The fraction of sp³-hybridized carbons (Fsp3) is 0.100. The van der Waals surface area contributed by atoms with Gasteiger partial charge < -0.3 is 16.2 Å². The van der Waals surface area contributed by atoms with E-state index in [4.69, 9.17) is 28.9 Å². The SMILES string of the molecule is NC(=O)c1nn(-c2c(Cl)cccc2Cl)cc1Nc1ccc(-n2nc(C(F)(F)F)nc2CO)cc1. The van der Waals surface area contributed by atoms with Gasteiger partial charge in [0.15, 0.2) is 11.5 Å². The molecule has 0 bridgehead atoms. The van der Waals surface area contributed by atoms with Gasteiger partial charge in [-0.15, -0.1) is 5.10 Å². The number of rotatable bonds is 6. The number of alkyl halides is 3. The molecule has 4 rings (SSSR count). The monoisotopic (exact) mass is 511 g/mol. The van der Waals surface area contributed by atoms with Gasteiger partial charge in [-0.1, -0.05) is 29.3 Å². The number of nitrogens with zero attached hydrogens (tertiary/aromatic N) is 5. The van der Waals surface area contributed by atoms with Crippen LogP contribution in [0, 0.1) is 0 Å². The van der Waals surface area contributed by atoms with Crippen molar-refractivity contribution in [2.24, 2.45) is 5.73 Å². The van der Waals surface area contributed by atoms with Crippen molar-refractivity contribution in [1.82, 2.24) is 24.5 Å². The fourth-order valence-corrected chi connectivity index (χ4v) is 3.66. The van der Waals surface area contributed by atoms with Gasteiger partial charge in [0.1, 0.15) is 12.3 Å². The Morgan fingerprint density at radius 1 is 1.09 bits per heavy atom. The molecule has 0 atom stereocenters. The molecule has 4 N–H and O–H groups in total. The van der Waals surface area contributed by atoms with E-state index < -0.39 is 24.5 Å². The molecule has 176 valence electrons. The van der Waals surface area contributed by atoms with Gasteiger partial charge >= 0.3 is 6.18 Å². The number of nitrogens with two attached hydrogens (primary N) is 1. The van der Waals surface area contributed by atoms with Crippen molar-refractivity contribution in [2.45, 2.75) is 12.8 Å². The van der Waals surface area contributed by atoms with E-state index in [-0.39, 0.29) is 22.9 Å². The Bertz CT molecular complexity index is 1350. The number of carbonyl (C=O) groups excluding carboxylic acids is 1. The van der Waals surface area contributed by atoms with Gasteiger partial charge in [-0.2, -0.15) is 18.3 Å². The van der Waals surface area contributed by atoms with E-state index >= 15 is 0 Å². The molecule has 0 fully saturated rings. The molecule has 0 aliphatic rings. The van der Waals surface area contributed by atoms with Crippen molar-refractivity contribution in [3.05, 3.63) is 76.0 Å². The first kappa shape index (κ1) is 23.5. The minimum Gasteiger partial charge on any atom is -0.388 e. The van der Waals surface area contributed by atoms with Crippen LogP contribution >= 0.6 is 23.2 Å². The first-order valence-corrected chi connectivity index (χ1v) is 10.2. The molecule has 0 aliphatic carbocycles. The molecule has 2 heterocycles. The maximum Gasteiger partial charge on any atom is 0.453 e. The summed E-state index contributed by atoms with van der Waals surface area (Å²) in [6.07, 6.45) is -3.29. The van der Waals surface area contributed by atoms with Gasteiger partial charge in [0.05, 0.1) is 27.6 Å². The summed E-state index contributed by atoms with van der Waals surface area (Å²) in [5.41, 5.74) is 6.64. The van der Waals surface area contributed by atoms with Crippen LogP contribution in [0.15, 0.2) is 48.7 Å². The Balaban J connectivity index is 1.65. The minimum absolute atomic E-state index is 0.0891. The summed E-state index contributed by atoms with van der Waals surface area (Å²) < 4.78 is 41.0. The van der Waals surface area contributed by atoms with E-state index in [0.29, 0.717) is 21.4 Å². The fourth-order valence-electron chi connectivity index (χ4n) is 3.08. The van der Waals surface area contributed by atoms with Gasteiger partial charge in [-0.05, 0) is 36.4 Å². The number of nitrogens with one attached hydrogen (secondary N) is 1. The second kappa shape index (κ2) is 8.97. The van der Waals surface area contributed by atoms with E-state index in [1.54, 1.807) is 18.2 Å². The Morgan fingerprint density at radius 3 is 2.29 bits per heavy atom. The Morgan fingerprint density at radius 2 is 1.74 bits per heavy atom. The Kier molecular flexibility index (Phi) is 6.21. The van der Waals surface area contributed by atoms with Crippen LogP contribution in [0.5, 0.6) is 0 Å². The molecule has 2 aromatic heterocycles. The highest BCUT2D eigenvalue weighted by Gasteiger charge is 2.37. The average molecular weight is 512 g/mol. The summed E-state index contributed by atoms with van der Waals surface area (Å²) in [5.74, 6) is -2.45. The van der Waals surface area contributed by atoms with Gasteiger partial charge in [0, 0.05) is 5.69 Å². The number of aliphatic hydroxyl groups excluding tert-OH is 1. The molecule has 0 saturated carbocycles. The van der Waals surface area contributed by atoms with Crippen LogP contribution in [0.25, 0.3) is 11.4 Å². The second-order valence-electron chi connectivity index (χ2n) is 6.86. The number of hydrogen-bond donors (Lipinski definition) is 3. The number of amides is 1. The van der Waals surface area contributed by atoms with Crippen molar-refractivity contribution in [3.8, 4) is 11.4 Å². The zero-order chi connectivity index (χ0) is 24.6. The number of hydrogen-bond acceptors (Lipinski definition) is 6. The lowest BCUT2D eigenvalue weighted by atomic mass is 10.2.